The minimum Gasteiger partial charge on any atom is -0.262 e. The van der Waals surface area contributed by atoms with Crippen molar-refractivity contribution < 1.29 is 21.8 Å². The fourth-order valence-corrected chi connectivity index (χ4v) is 4.26. The predicted molar refractivity (Wildman–Crippen MR) is 90.7 cm³/mol. The average Bonchev–Trinajstić information content (AvgIpc) is 2.61. The molecule has 1 N–H and O–H groups in total. The molecule has 0 spiro atoms. The number of hydrogen-bond donors (Lipinski definition) is 1. The van der Waals surface area contributed by atoms with Crippen LogP contribution < -0.4 is 0 Å². The molecule has 0 bridgehead atoms. The molecular formula is C16H13ClF4N4OS. The van der Waals surface area contributed by atoms with E-state index in [2.05, 4.69) is 4.98 Å². The van der Waals surface area contributed by atoms with Crippen LogP contribution in [0.25, 0.3) is 0 Å². The van der Waals surface area contributed by atoms with Crippen molar-refractivity contribution in [2.24, 2.45) is 0 Å². The molecule has 0 aliphatic heterocycles. The number of rotatable bonds is 5. The molecule has 0 aliphatic rings. The van der Waals surface area contributed by atoms with Crippen LogP contribution in [0.1, 0.15) is 24.1 Å². The zero-order valence-electron chi connectivity index (χ0n) is 13.8. The molecule has 0 saturated heterocycles. The predicted octanol–water partition coefficient (Wildman–Crippen LogP) is 4.69. The summed E-state index contributed by atoms with van der Waals surface area (Å²) in [5.41, 5.74) is -0.597. The van der Waals surface area contributed by atoms with E-state index in [9.17, 15) is 21.8 Å². The van der Waals surface area contributed by atoms with E-state index in [0.717, 1.165) is 30.6 Å². The van der Waals surface area contributed by atoms with Crippen LogP contribution in [0.3, 0.4) is 0 Å². The molecule has 0 saturated carbocycles. The highest BCUT2D eigenvalue weighted by atomic mass is 35.5. The molecule has 0 aliphatic carbocycles. The van der Waals surface area contributed by atoms with Gasteiger partial charge in [-0.1, -0.05) is 24.6 Å². The summed E-state index contributed by atoms with van der Waals surface area (Å²) >= 11 is 5.53. The highest BCUT2D eigenvalue weighted by molar-refractivity contribution is 7.90. The zero-order chi connectivity index (χ0) is 20.4. The number of alkyl halides is 3. The quantitative estimate of drug-likeness (QED) is 0.712. The maximum atomic E-state index is 13.8. The Labute approximate surface area is 158 Å². The van der Waals surface area contributed by atoms with Gasteiger partial charge < -0.3 is 0 Å². The Morgan fingerprint density at radius 2 is 2.04 bits per heavy atom. The van der Waals surface area contributed by atoms with Crippen LogP contribution >= 0.6 is 11.6 Å². The van der Waals surface area contributed by atoms with E-state index in [1.54, 1.807) is 6.07 Å². The van der Waals surface area contributed by atoms with Crippen molar-refractivity contribution in [1.29, 1.82) is 10.0 Å². The lowest BCUT2D eigenvalue weighted by Gasteiger charge is -2.33. The van der Waals surface area contributed by atoms with Gasteiger partial charge in [0.05, 0.1) is 15.5 Å². The molecule has 0 amide bonds. The minimum atomic E-state index is -4.96. The molecule has 2 aromatic rings. The van der Waals surface area contributed by atoms with Crippen molar-refractivity contribution in [3.63, 3.8) is 0 Å². The first-order valence-electron chi connectivity index (χ1n) is 7.44. The molecule has 0 fully saturated rings. The molecule has 2 atom stereocenters. The van der Waals surface area contributed by atoms with Crippen molar-refractivity contribution in [3.8, 4) is 6.07 Å². The molecule has 27 heavy (non-hydrogen) atoms. The molecule has 5 nitrogen and oxygen atoms in total. The number of halogens is 5. The third kappa shape index (κ3) is 4.37. The lowest BCUT2D eigenvalue weighted by molar-refractivity contribution is -0.173. The summed E-state index contributed by atoms with van der Waals surface area (Å²) in [4.78, 5) is 3.30. The van der Waals surface area contributed by atoms with Gasteiger partial charge >= 0.3 is 6.18 Å². The van der Waals surface area contributed by atoms with Gasteiger partial charge in [0.1, 0.15) is 27.8 Å². The van der Waals surface area contributed by atoms with E-state index < -0.39 is 40.1 Å². The first-order chi connectivity index (χ1) is 12.5. The molecule has 2 rings (SSSR count). The van der Waals surface area contributed by atoms with Crippen LogP contribution in [-0.2, 0) is 9.92 Å². The van der Waals surface area contributed by atoms with Crippen LogP contribution in [-0.4, -0.2) is 26.2 Å². The summed E-state index contributed by atoms with van der Waals surface area (Å²) in [6, 6.07) is 2.77. The number of hydrogen-bond acceptors (Lipinski definition) is 4. The van der Waals surface area contributed by atoms with E-state index in [1.165, 1.54) is 6.92 Å². The second-order valence-electron chi connectivity index (χ2n) is 5.40. The van der Waals surface area contributed by atoms with E-state index >= 15 is 0 Å². The number of aromatic nitrogens is 1. The smallest absolute Gasteiger partial charge is 0.262 e. The van der Waals surface area contributed by atoms with Crippen LogP contribution in [0, 0.1) is 21.9 Å². The van der Waals surface area contributed by atoms with Gasteiger partial charge in [0.2, 0.25) is 0 Å². The Morgan fingerprint density at radius 1 is 1.37 bits per heavy atom. The maximum absolute atomic E-state index is 13.8. The van der Waals surface area contributed by atoms with Crippen molar-refractivity contribution in [1.82, 2.24) is 9.29 Å². The van der Waals surface area contributed by atoms with Gasteiger partial charge in [0.15, 0.2) is 0 Å². The van der Waals surface area contributed by atoms with Crippen molar-refractivity contribution in [2.45, 2.75) is 24.0 Å². The number of nitriles is 1. The van der Waals surface area contributed by atoms with Gasteiger partial charge in [0, 0.05) is 18.9 Å². The van der Waals surface area contributed by atoms with Gasteiger partial charge in [-0.15, -0.1) is 0 Å². The Hall–Kier alpha value is -2.22. The van der Waals surface area contributed by atoms with E-state index in [4.69, 9.17) is 21.6 Å². The third-order valence-corrected chi connectivity index (χ3v) is 5.96. The molecule has 1 aromatic heterocycles. The van der Waals surface area contributed by atoms with Crippen LogP contribution in [0.4, 0.5) is 17.6 Å². The summed E-state index contributed by atoms with van der Waals surface area (Å²) in [7, 11) is -4.19. The number of benzene rings is 1. The summed E-state index contributed by atoms with van der Waals surface area (Å²) in [6.07, 6.45) is -2.86. The lowest BCUT2D eigenvalue weighted by atomic mass is 10.1. The molecule has 144 valence electrons. The topological polar surface area (TPSA) is 80.8 Å². The second-order valence-corrected chi connectivity index (χ2v) is 7.80. The fraction of sp³-hybridized carbons (Fsp3) is 0.250. The van der Waals surface area contributed by atoms with Crippen molar-refractivity contribution in [3.05, 3.63) is 58.6 Å². The SMILES string of the molecule is CCN([C@H](c1ccc(Cl)c(F)c1)C(F)(F)F)[S@@](=N)(=O)c1cncc(C#N)c1. The Balaban J connectivity index is 2.64. The van der Waals surface area contributed by atoms with Crippen LogP contribution in [0.5, 0.6) is 0 Å². The highest BCUT2D eigenvalue weighted by Crippen LogP contribution is 2.41. The number of nitrogens with one attached hydrogen (secondary N) is 1. The van der Waals surface area contributed by atoms with E-state index in [0.29, 0.717) is 10.4 Å². The maximum Gasteiger partial charge on any atom is 0.409 e. The molecule has 0 unspecified atom stereocenters. The molecular weight excluding hydrogens is 408 g/mol. The summed E-state index contributed by atoms with van der Waals surface area (Å²) in [5, 5.41) is 8.54. The van der Waals surface area contributed by atoms with E-state index in [-0.39, 0.29) is 15.5 Å². The minimum absolute atomic E-state index is 0.0513. The highest BCUT2D eigenvalue weighted by Gasteiger charge is 2.48. The Kier molecular flexibility index (Phi) is 6.09. The normalized spacial score (nSPS) is 15.2. The van der Waals surface area contributed by atoms with E-state index in [1.807, 2.05) is 0 Å². The zero-order valence-corrected chi connectivity index (χ0v) is 15.4. The largest absolute Gasteiger partial charge is 0.409 e. The van der Waals surface area contributed by atoms with Gasteiger partial charge in [-0.05, 0) is 23.8 Å². The van der Waals surface area contributed by atoms with Gasteiger partial charge in [-0.3, -0.25) is 4.98 Å². The Bertz CT molecular complexity index is 989. The standard InChI is InChI=1S/C16H13ClF4N4OS/c1-2-25(27(23,26)12-5-10(7-22)8-24-9-12)15(16(19,20)21)11-3-4-13(17)14(18)6-11/h3-6,8-9,15,23H,2H2,1H3/t15-,27-/m1/s1. The monoisotopic (exact) mass is 420 g/mol. The third-order valence-electron chi connectivity index (χ3n) is 3.66. The molecule has 1 aromatic carbocycles. The second kappa shape index (κ2) is 7.80. The fourth-order valence-electron chi connectivity index (χ4n) is 2.48. The Morgan fingerprint density at radius 3 is 2.56 bits per heavy atom. The summed E-state index contributed by atoms with van der Waals surface area (Å²) in [6.45, 7) is 0.855. The van der Waals surface area contributed by atoms with Gasteiger partial charge in [-0.25, -0.2) is 13.4 Å². The number of pyridine rings is 1. The summed E-state index contributed by atoms with van der Waals surface area (Å²) < 4.78 is 76.7. The lowest BCUT2D eigenvalue weighted by Crippen LogP contribution is -2.41. The van der Waals surface area contributed by atoms with Crippen LogP contribution in [0.2, 0.25) is 5.02 Å². The summed E-state index contributed by atoms with van der Waals surface area (Å²) in [5.74, 6) is -1.07. The average molecular weight is 421 g/mol. The molecule has 1 heterocycles. The van der Waals surface area contributed by atoms with Crippen LogP contribution in [0.15, 0.2) is 41.6 Å². The van der Waals surface area contributed by atoms with Gasteiger partial charge in [0.25, 0.3) is 0 Å². The van der Waals surface area contributed by atoms with Crippen molar-refractivity contribution >= 4 is 21.5 Å². The molecule has 0 radical (unpaired) electrons. The first-order valence-corrected chi connectivity index (χ1v) is 9.34. The first kappa shape index (κ1) is 21.1. The molecule has 11 heteroatoms. The van der Waals surface area contributed by atoms with Gasteiger partial charge in [-0.2, -0.15) is 22.7 Å². The number of nitrogens with zero attached hydrogens (tertiary/aromatic N) is 3. The van der Waals surface area contributed by atoms with Crippen molar-refractivity contribution in [2.75, 3.05) is 6.54 Å².